The van der Waals surface area contributed by atoms with Crippen LogP contribution in [0.2, 0.25) is 0 Å². The molecule has 1 saturated heterocycles. The van der Waals surface area contributed by atoms with Crippen molar-refractivity contribution < 1.29 is 18.0 Å². The van der Waals surface area contributed by atoms with Crippen LogP contribution in [0, 0.1) is 5.92 Å². The molecule has 3 rings (SSSR count). The van der Waals surface area contributed by atoms with E-state index in [2.05, 4.69) is 21.9 Å². The molecular formula is C21H24F3N5O. The first-order valence-corrected chi connectivity index (χ1v) is 9.80. The van der Waals surface area contributed by atoms with Gasteiger partial charge in [-0.05, 0) is 37.5 Å². The molecule has 1 amide bonds. The standard InChI is InChI=1S/C21H24F3N5O/c1-3-4-5-6-15(2)17-9-12-25-29(17)20(30)16-10-13-28(14-11-16)19-8-7-18(26-27-19)21(22,23)24/h3-8,12,16-17H,2,9-11,13-14H2,1H3/b4-3-,6-5-/t17-/m0/s1. The second-order valence-corrected chi connectivity index (χ2v) is 7.23. The summed E-state index contributed by atoms with van der Waals surface area (Å²) in [7, 11) is 0. The average molecular weight is 419 g/mol. The van der Waals surface area contributed by atoms with Crippen LogP contribution >= 0.6 is 0 Å². The third kappa shape index (κ3) is 4.95. The van der Waals surface area contributed by atoms with E-state index in [4.69, 9.17) is 0 Å². The molecule has 3 heterocycles. The average Bonchev–Trinajstić information content (AvgIpc) is 3.23. The van der Waals surface area contributed by atoms with E-state index in [1.54, 1.807) is 6.21 Å². The van der Waals surface area contributed by atoms with Crippen molar-refractivity contribution in [3.63, 3.8) is 0 Å². The number of hydrogen-bond donors (Lipinski definition) is 0. The molecule has 1 fully saturated rings. The Hall–Kier alpha value is -2.97. The van der Waals surface area contributed by atoms with Gasteiger partial charge < -0.3 is 4.90 Å². The second-order valence-electron chi connectivity index (χ2n) is 7.23. The molecule has 30 heavy (non-hydrogen) atoms. The Morgan fingerprint density at radius 1 is 1.20 bits per heavy atom. The van der Waals surface area contributed by atoms with Crippen molar-refractivity contribution >= 4 is 17.9 Å². The normalized spacial score (nSPS) is 20.6. The van der Waals surface area contributed by atoms with E-state index < -0.39 is 11.9 Å². The number of hydrogen-bond acceptors (Lipinski definition) is 5. The summed E-state index contributed by atoms with van der Waals surface area (Å²) in [6, 6.07) is 2.06. The lowest BCUT2D eigenvalue weighted by atomic mass is 9.94. The highest BCUT2D eigenvalue weighted by Crippen LogP contribution is 2.30. The number of hydrazone groups is 1. The molecule has 1 atom stereocenters. The van der Waals surface area contributed by atoms with Gasteiger partial charge in [0.15, 0.2) is 11.5 Å². The van der Waals surface area contributed by atoms with Gasteiger partial charge in [0.1, 0.15) is 0 Å². The number of nitrogens with zero attached hydrogens (tertiary/aromatic N) is 5. The molecule has 0 saturated carbocycles. The number of carbonyl (C=O) groups is 1. The van der Waals surface area contributed by atoms with Gasteiger partial charge in [-0.25, -0.2) is 5.01 Å². The topological polar surface area (TPSA) is 61.7 Å². The number of rotatable bonds is 5. The van der Waals surface area contributed by atoms with Crippen molar-refractivity contribution in [2.24, 2.45) is 11.0 Å². The third-order valence-electron chi connectivity index (χ3n) is 5.21. The third-order valence-corrected chi connectivity index (χ3v) is 5.21. The van der Waals surface area contributed by atoms with Gasteiger partial charge in [-0.3, -0.25) is 4.79 Å². The zero-order valence-corrected chi connectivity index (χ0v) is 16.7. The summed E-state index contributed by atoms with van der Waals surface area (Å²) in [5, 5.41) is 12.7. The zero-order chi connectivity index (χ0) is 21.7. The minimum Gasteiger partial charge on any atom is -0.355 e. The maximum atomic E-state index is 13.0. The lowest BCUT2D eigenvalue weighted by Gasteiger charge is -2.34. The Morgan fingerprint density at radius 2 is 1.93 bits per heavy atom. The summed E-state index contributed by atoms with van der Waals surface area (Å²) in [6.07, 6.45) is 6.55. The van der Waals surface area contributed by atoms with Crippen molar-refractivity contribution in [3.8, 4) is 0 Å². The highest BCUT2D eigenvalue weighted by atomic mass is 19.4. The first kappa shape index (κ1) is 21.7. The highest BCUT2D eigenvalue weighted by Gasteiger charge is 2.36. The summed E-state index contributed by atoms with van der Waals surface area (Å²) in [5.41, 5.74) is -0.200. The predicted molar refractivity (Wildman–Crippen MR) is 109 cm³/mol. The Labute approximate surface area is 173 Å². The first-order valence-electron chi connectivity index (χ1n) is 9.80. The van der Waals surface area contributed by atoms with Crippen LogP contribution in [0.15, 0.2) is 53.7 Å². The fourth-order valence-electron chi connectivity index (χ4n) is 3.52. The number of piperidine rings is 1. The van der Waals surface area contributed by atoms with Crippen LogP contribution in [0.5, 0.6) is 0 Å². The van der Waals surface area contributed by atoms with Crippen LogP contribution in [0.4, 0.5) is 19.0 Å². The Morgan fingerprint density at radius 3 is 2.53 bits per heavy atom. The predicted octanol–water partition coefficient (Wildman–Crippen LogP) is 3.99. The Kier molecular flexibility index (Phi) is 6.69. The Balaban J connectivity index is 1.58. The molecule has 2 aliphatic rings. The summed E-state index contributed by atoms with van der Waals surface area (Å²) >= 11 is 0. The fourth-order valence-corrected chi connectivity index (χ4v) is 3.52. The molecule has 0 unspecified atom stereocenters. The van der Waals surface area contributed by atoms with E-state index in [0.717, 1.165) is 11.6 Å². The molecule has 1 aromatic heterocycles. The van der Waals surface area contributed by atoms with E-state index in [1.165, 1.54) is 11.1 Å². The smallest absolute Gasteiger partial charge is 0.355 e. The minimum atomic E-state index is -4.51. The molecule has 6 nitrogen and oxygen atoms in total. The van der Waals surface area contributed by atoms with E-state index in [-0.39, 0.29) is 17.9 Å². The van der Waals surface area contributed by atoms with E-state index in [9.17, 15) is 18.0 Å². The number of amides is 1. The van der Waals surface area contributed by atoms with Gasteiger partial charge in [-0.1, -0.05) is 30.9 Å². The lowest BCUT2D eigenvalue weighted by molar-refractivity contribution is -0.141. The van der Waals surface area contributed by atoms with Crippen molar-refractivity contribution in [1.82, 2.24) is 15.2 Å². The van der Waals surface area contributed by atoms with Crippen LogP contribution in [0.25, 0.3) is 0 Å². The number of aromatic nitrogens is 2. The molecule has 0 spiro atoms. The molecule has 0 aromatic carbocycles. The molecule has 0 aliphatic carbocycles. The number of carbonyl (C=O) groups excluding carboxylic acids is 1. The van der Waals surface area contributed by atoms with Gasteiger partial charge in [0.2, 0.25) is 5.91 Å². The largest absolute Gasteiger partial charge is 0.435 e. The second kappa shape index (κ2) is 9.23. The summed E-state index contributed by atoms with van der Waals surface area (Å²) in [6.45, 7) is 7.01. The van der Waals surface area contributed by atoms with E-state index in [0.29, 0.717) is 38.2 Å². The SMILES string of the molecule is C=C(/C=C\C=C/C)[C@@H]1CC=NN1C(=O)C1CCN(c2ccc(C(F)(F)F)nn2)CC1. The molecule has 2 aliphatic heterocycles. The summed E-state index contributed by atoms with van der Waals surface area (Å²) < 4.78 is 37.9. The zero-order valence-electron chi connectivity index (χ0n) is 16.7. The quantitative estimate of drug-likeness (QED) is 0.677. The van der Waals surface area contributed by atoms with Crippen LogP contribution in [-0.4, -0.2) is 46.5 Å². The van der Waals surface area contributed by atoms with Crippen molar-refractivity contribution in [3.05, 3.63) is 54.3 Å². The number of halogens is 3. The van der Waals surface area contributed by atoms with Crippen LogP contribution in [0.1, 0.15) is 31.9 Å². The van der Waals surface area contributed by atoms with Crippen LogP contribution < -0.4 is 4.90 Å². The summed E-state index contributed by atoms with van der Waals surface area (Å²) in [4.78, 5) is 14.9. The van der Waals surface area contributed by atoms with E-state index >= 15 is 0 Å². The van der Waals surface area contributed by atoms with Crippen molar-refractivity contribution in [2.45, 2.75) is 38.4 Å². The highest BCUT2D eigenvalue weighted by molar-refractivity contribution is 5.82. The van der Waals surface area contributed by atoms with Gasteiger partial charge in [0, 0.05) is 31.6 Å². The monoisotopic (exact) mass is 419 g/mol. The van der Waals surface area contributed by atoms with Gasteiger partial charge in [0.25, 0.3) is 0 Å². The maximum Gasteiger partial charge on any atom is 0.435 e. The number of alkyl halides is 3. The van der Waals surface area contributed by atoms with Gasteiger partial charge in [0.05, 0.1) is 6.04 Å². The molecular weight excluding hydrogens is 395 g/mol. The molecule has 9 heteroatoms. The first-order chi connectivity index (χ1) is 14.3. The minimum absolute atomic E-state index is 0.0486. The lowest BCUT2D eigenvalue weighted by Crippen LogP contribution is -2.43. The van der Waals surface area contributed by atoms with Crippen LogP contribution in [-0.2, 0) is 11.0 Å². The molecule has 160 valence electrons. The fraction of sp³-hybridized carbons (Fsp3) is 0.429. The molecule has 0 N–H and O–H groups in total. The number of allylic oxidation sites excluding steroid dienone is 3. The Bertz CT molecular complexity index is 852. The van der Waals surface area contributed by atoms with E-state index in [1.807, 2.05) is 36.1 Å². The molecule has 1 aromatic rings. The van der Waals surface area contributed by atoms with Crippen molar-refractivity contribution in [1.29, 1.82) is 0 Å². The van der Waals surface area contributed by atoms with Gasteiger partial charge in [-0.2, -0.15) is 18.3 Å². The maximum absolute atomic E-state index is 13.0. The van der Waals surface area contributed by atoms with Gasteiger partial charge in [-0.15, -0.1) is 10.2 Å². The molecule has 0 radical (unpaired) electrons. The van der Waals surface area contributed by atoms with Crippen molar-refractivity contribution in [2.75, 3.05) is 18.0 Å². The molecule has 0 bridgehead atoms. The van der Waals surface area contributed by atoms with Gasteiger partial charge >= 0.3 is 6.18 Å². The summed E-state index contributed by atoms with van der Waals surface area (Å²) in [5.74, 6) is 0.134. The van der Waals surface area contributed by atoms with Crippen LogP contribution in [0.3, 0.4) is 0 Å². The number of anilines is 1.